The van der Waals surface area contributed by atoms with E-state index < -0.39 is 28.0 Å². The first kappa shape index (κ1) is 26.1. The Hall–Kier alpha value is -3.19. The lowest BCUT2D eigenvalue weighted by molar-refractivity contribution is -0.274. The molecule has 0 heterocycles. The quantitative estimate of drug-likeness (QED) is 0.496. The molecule has 0 saturated heterocycles. The minimum absolute atomic E-state index is 0.0581. The third kappa shape index (κ3) is 7.71. The number of amides is 1. The van der Waals surface area contributed by atoms with Gasteiger partial charge in [0.1, 0.15) is 23.0 Å². The molecule has 2 aromatic rings. The van der Waals surface area contributed by atoms with E-state index in [0.717, 1.165) is 24.3 Å². The van der Waals surface area contributed by atoms with Gasteiger partial charge in [0.2, 0.25) is 15.9 Å². The molecule has 0 unspecified atom stereocenters. The van der Waals surface area contributed by atoms with Crippen molar-refractivity contribution in [1.82, 2.24) is 10.0 Å². The maximum Gasteiger partial charge on any atom is 0.573 e. The van der Waals surface area contributed by atoms with E-state index in [9.17, 15) is 26.4 Å². The molecular weight excluding hydrogens is 469 g/mol. The van der Waals surface area contributed by atoms with Crippen LogP contribution >= 0.6 is 0 Å². The second kappa shape index (κ2) is 11.1. The molecule has 182 valence electrons. The predicted molar refractivity (Wildman–Crippen MR) is 111 cm³/mol. The Labute approximate surface area is 188 Å². The molecule has 2 rings (SSSR count). The number of carbonyl (C=O) groups is 1. The average Bonchev–Trinajstić information content (AvgIpc) is 2.76. The van der Waals surface area contributed by atoms with Crippen LogP contribution in [0.3, 0.4) is 0 Å². The van der Waals surface area contributed by atoms with Crippen LogP contribution in [0.25, 0.3) is 0 Å². The van der Waals surface area contributed by atoms with E-state index in [4.69, 9.17) is 14.2 Å². The summed E-state index contributed by atoms with van der Waals surface area (Å²) in [5.74, 6) is 0.373. The topological polar surface area (TPSA) is 112 Å². The van der Waals surface area contributed by atoms with Gasteiger partial charge in [-0.1, -0.05) is 0 Å². The van der Waals surface area contributed by atoms with Crippen molar-refractivity contribution in [2.45, 2.75) is 24.2 Å². The Bertz CT molecular complexity index is 1030. The number of hydrogen-bond donors (Lipinski definition) is 2. The monoisotopic (exact) mass is 492 g/mol. The molecule has 9 nitrogen and oxygen atoms in total. The van der Waals surface area contributed by atoms with Crippen molar-refractivity contribution in [3.05, 3.63) is 42.0 Å². The third-order valence-electron chi connectivity index (χ3n) is 4.29. The third-order valence-corrected chi connectivity index (χ3v) is 5.77. The van der Waals surface area contributed by atoms with Crippen molar-refractivity contribution >= 4 is 15.9 Å². The summed E-state index contributed by atoms with van der Waals surface area (Å²) in [6.07, 6.45) is -5.07. The maximum atomic E-state index is 12.3. The summed E-state index contributed by atoms with van der Waals surface area (Å²) in [6, 6.07) is 6.94. The minimum atomic E-state index is -4.88. The SMILES string of the molecule is COc1cc(OC)c(CNC(=O)CCNS(=O)(=O)c2ccc(OC(F)(F)F)cc2)c(OC)c1. The molecule has 0 fully saturated rings. The van der Waals surface area contributed by atoms with Gasteiger partial charge in [0.25, 0.3) is 0 Å². The highest BCUT2D eigenvalue weighted by Gasteiger charge is 2.31. The van der Waals surface area contributed by atoms with Crippen LogP contribution in [0.1, 0.15) is 12.0 Å². The number of rotatable bonds is 11. The van der Waals surface area contributed by atoms with Gasteiger partial charge in [-0.15, -0.1) is 13.2 Å². The Balaban J connectivity index is 1.91. The van der Waals surface area contributed by atoms with E-state index in [1.54, 1.807) is 12.1 Å². The number of methoxy groups -OCH3 is 3. The van der Waals surface area contributed by atoms with Crippen molar-refractivity contribution in [2.75, 3.05) is 27.9 Å². The number of nitrogens with one attached hydrogen (secondary N) is 2. The van der Waals surface area contributed by atoms with Crippen molar-refractivity contribution in [1.29, 1.82) is 0 Å². The first-order valence-corrected chi connectivity index (χ1v) is 10.9. The van der Waals surface area contributed by atoms with Crippen LogP contribution in [-0.2, 0) is 21.4 Å². The fourth-order valence-electron chi connectivity index (χ4n) is 2.73. The molecule has 0 atom stereocenters. The zero-order valence-electron chi connectivity index (χ0n) is 18.0. The number of halogens is 3. The molecule has 2 aromatic carbocycles. The van der Waals surface area contributed by atoms with Gasteiger partial charge < -0.3 is 24.3 Å². The highest BCUT2D eigenvalue weighted by atomic mass is 32.2. The zero-order chi connectivity index (χ0) is 24.6. The Morgan fingerprint density at radius 2 is 1.52 bits per heavy atom. The van der Waals surface area contributed by atoms with Crippen molar-refractivity contribution < 1.29 is 45.3 Å². The van der Waals surface area contributed by atoms with E-state index in [1.807, 2.05) is 0 Å². The van der Waals surface area contributed by atoms with Crippen LogP contribution in [0, 0.1) is 0 Å². The number of sulfonamides is 1. The standard InChI is InChI=1S/C20H23F3N2O7S/c1-29-14-10-17(30-2)16(18(11-14)31-3)12-24-19(26)8-9-25-33(27,28)15-6-4-13(5-7-15)32-20(21,22)23/h4-7,10-11,25H,8-9,12H2,1-3H3,(H,24,26). The van der Waals surface area contributed by atoms with E-state index in [0.29, 0.717) is 22.8 Å². The normalized spacial score (nSPS) is 11.6. The highest BCUT2D eigenvalue weighted by Crippen LogP contribution is 2.33. The van der Waals surface area contributed by atoms with Crippen LogP contribution in [0.2, 0.25) is 0 Å². The Morgan fingerprint density at radius 1 is 0.939 bits per heavy atom. The van der Waals surface area contributed by atoms with E-state index in [1.165, 1.54) is 21.3 Å². The lowest BCUT2D eigenvalue weighted by Gasteiger charge is -2.15. The number of ether oxygens (including phenoxy) is 4. The molecule has 1 amide bonds. The molecule has 0 saturated carbocycles. The lowest BCUT2D eigenvalue weighted by Crippen LogP contribution is -2.30. The largest absolute Gasteiger partial charge is 0.573 e. The van der Waals surface area contributed by atoms with Gasteiger partial charge in [-0.3, -0.25) is 4.79 Å². The number of hydrogen-bond acceptors (Lipinski definition) is 7. The van der Waals surface area contributed by atoms with Gasteiger partial charge in [-0.05, 0) is 24.3 Å². The molecular formula is C20H23F3N2O7S. The van der Waals surface area contributed by atoms with Gasteiger partial charge in [-0.2, -0.15) is 0 Å². The molecule has 0 aliphatic rings. The molecule has 0 spiro atoms. The summed E-state index contributed by atoms with van der Waals surface area (Å²) in [5.41, 5.74) is 0.566. The summed E-state index contributed by atoms with van der Waals surface area (Å²) in [4.78, 5) is 11.9. The van der Waals surface area contributed by atoms with Gasteiger partial charge in [0.15, 0.2) is 0 Å². The smallest absolute Gasteiger partial charge is 0.496 e. The van der Waals surface area contributed by atoms with Gasteiger partial charge in [0, 0.05) is 25.1 Å². The zero-order valence-corrected chi connectivity index (χ0v) is 18.8. The van der Waals surface area contributed by atoms with Crippen LogP contribution < -0.4 is 29.0 Å². The van der Waals surface area contributed by atoms with Gasteiger partial charge >= 0.3 is 6.36 Å². The van der Waals surface area contributed by atoms with Gasteiger partial charge in [-0.25, -0.2) is 13.1 Å². The molecule has 2 N–H and O–H groups in total. The molecule has 13 heteroatoms. The van der Waals surface area contributed by atoms with Crippen LogP contribution in [0.5, 0.6) is 23.0 Å². The summed E-state index contributed by atoms with van der Waals surface area (Å²) in [6.45, 7) is -0.172. The molecule has 0 aliphatic carbocycles. The van der Waals surface area contributed by atoms with Crippen LogP contribution in [0.4, 0.5) is 13.2 Å². The fraction of sp³-hybridized carbons (Fsp3) is 0.350. The molecule has 0 radical (unpaired) electrons. The molecule has 0 aliphatic heterocycles. The second-order valence-electron chi connectivity index (χ2n) is 6.45. The summed E-state index contributed by atoms with van der Waals surface area (Å²) >= 11 is 0. The van der Waals surface area contributed by atoms with Crippen molar-refractivity contribution in [2.24, 2.45) is 0 Å². The van der Waals surface area contributed by atoms with Crippen molar-refractivity contribution in [3.63, 3.8) is 0 Å². The Kier molecular flexibility index (Phi) is 8.76. The maximum absolute atomic E-state index is 12.3. The lowest BCUT2D eigenvalue weighted by atomic mass is 10.1. The number of alkyl halides is 3. The summed E-state index contributed by atoms with van der Waals surface area (Å²) in [7, 11) is 0.363. The molecule has 0 aromatic heterocycles. The van der Waals surface area contributed by atoms with Crippen LogP contribution in [-0.4, -0.2) is 48.6 Å². The van der Waals surface area contributed by atoms with Crippen molar-refractivity contribution in [3.8, 4) is 23.0 Å². The summed E-state index contributed by atoms with van der Waals surface area (Å²) < 4.78 is 82.8. The first-order valence-electron chi connectivity index (χ1n) is 9.40. The van der Waals surface area contributed by atoms with E-state index in [-0.39, 0.29) is 24.4 Å². The highest BCUT2D eigenvalue weighted by molar-refractivity contribution is 7.89. The van der Waals surface area contributed by atoms with E-state index >= 15 is 0 Å². The minimum Gasteiger partial charge on any atom is -0.496 e. The number of carbonyl (C=O) groups excluding carboxylic acids is 1. The Morgan fingerprint density at radius 3 is 2.00 bits per heavy atom. The van der Waals surface area contributed by atoms with Crippen LogP contribution in [0.15, 0.2) is 41.3 Å². The number of benzene rings is 2. The molecule has 33 heavy (non-hydrogen) atoms. The molecule has 0 bridgehead atoms. The first-order chi connectivity index (χ1) is 15.5. The average molecular weight is 492 g/mol. The second-order valence-corrected chi connectivity index (χ2v) is 8.22. The predicted octanol–water partition coefficient (Wildman–Crippen LogP) is 2.60. The summed E-state index contributed by atoms with van der Waals surface area (Å²) in [5, 5.41) is 2.64. The fourth-order valence-corrected chi connectivity index (χ4v) is 3.76. The van der Waals surface area contributed by atoms with Gasteiger partial charge in [0.05, 0.1) is 38.3 Å². The van der Waals surface area contributed by atoms with E-state index in [2.05, 4.69) is 14.8 Å².